The average molecular weight is 279 g/mol. The zero-order valence-electron chi connectivity index (χ0n) is 11.6. The zero-order valence-corrected chi connectivity index (χ0v) is 12.4. The van der Waals surface area contributed by atoms with Gasteiger partial charge in [-0.25, -0.2) is 0 Å². The minimum Gasteiger partial charge on any atom is -0.311 e. The number of hydrogen-bond donors (Lipinski definition) is 1. The smallest absolute Gasteiger partial charge is 0.0408 e. The lowest BCUT2D eigenvalue weighted by Crippen LogP contribution is -2.47. The van der Waals surface area contributed by atoms with Crippen molar-refractivity contribution in [3.05, 3.63) is 34.9 Å². The van der Waals surface area contributed by atoms with Crippen LogP contribution in [0.1, 0.15) is 25.3 Å². The first-order chi connectivity index (χ1) is 9.20. The number of hydrogen-bond acceptors (Lipinski definition) is 2. The number of fused-ring (bicyclic) bond motifs is 2. The van der Waals surface area contributed by atoms with Gasteiger partial charge in [-0.3, -0.25) is 0 Å². The fourth-order valence-electron chi connectivity index (χ4n) is 3.61. The Labute approximate surface area is 121 Å². The number of nitrogens with zero attached hydrogens (tertiary/aromatic N) is 1. The van der Waals surface area contributed by atoms with Gasteiger partial charge in [-0.2, -0.15) is 0 Å². The van der Waals surface area contributed by atoms with Gasteiger partial charge in [0.15, 0.2) is 0 Å². The Bertz CT molecular complexity index is 435. The van der Waals surface area contributed by atoms with Gasteiger partial charge in [-0.05, 0) is 62.9 Å². The molecule has 0 saturated carbocycles. The summed E-state index contributed by atoms with van der Waals surface area (Å²) in [6, 6.07) is 9.47. The van der Waals surface area contributed by atoms with Crippen LogP contribution in [0.25, 0.3) is 0 Å². The molecule has 2 saturated heterocycles. The van der Waals surface area contributed by atoms with Crippen molar-refractivity contribution in [2.45, 2.75) is 38.3 Å². The van der Waals surface area contributed by atoms with E-state index in [9.17, 15) is 0 Å². The van der Waals surface area contributed by atoms with E-state index in [1.807, 2.05) is 12.1 Å². The number of halogens is 1. The molecular weight excluding hydrogens is 256 g/mol. The summed E-state index contributed by atoms with van der Waals surface area (Å²) in [6.45, 7) is 6.19. The maximum Gasteiger partial charge on any atom is 0.0408 e. The van der Waals surface area contributed by atoms with Crippen LogP contribution in [-0.4, -0.2) is 36.6 Å². The first-order valence-corrected chi connectivity index (χ1v) is 7.81. The monoisotopic (exact) mass is 278 g/mol. The quantitative estimate of drug-likeness (QED) is 0.911. The summed E-state index contributed by atoms with van der Waals surface area (Å²) < 4.78 is 0. The van der Waals surface area contributed by atoms with Crippen molar-refractivity contribution in [3.63, 3.8) is 0 Å². The highest BCUT2D eigenvalue weighted by atomic mass is 35.5. The fourth-order valence-corrected chi connectivity index (χ4v) is 3.83. The van der Waals surface area contributed by atoms with Gasteiger partial charge in [0, 0.05) is 23.7 Å². The van der Waals surface area contributed by atoms with Crippen LogP contribution in [0.4, 0.5) is 0 Å². The van der Waals surface area contributed by atoms with Gasteiger partial charge in [-0.1, -0.05) is 23.7 Å². The summed E-state index contributed by atoms with van der Waals surface area (Å²) in [5.41, 5.74) is 1.33. The van der Waals surface area contributed by atoms with Gasteiger partial charge in [-0.15, -0.1) is 0 Å². The SMILES string of the molecule is CC(Cc1cccc(Cl)c1)NC1CCN2CCC1C2. The lowest BCUT2D eigenvalue weighted by molar-refractivity contribution is 0.211. The van der Waals surface area contributed by atoms with E-state index in [2.05, 4.69) is 29.3 Å². The normalized spacial score (nSPS) is 31.4. The van der Waals surface area contributed by atoms with E-state index < -0.39 is 0 Å². The maximum atomic E-state index is 6.05. The molecule has 2 aliphatic heterocycles. The second kappa shape index (κ2) is 5.82. The van der Waals surface area contributed by atoms with Crippen molar-refractivity contribution in [3.8, 4) is 0 Å². The molecule has 4 atom stereocenters. The van der Waals surface area contributed by atoms with Crippen molar-refractivity contribution >= 4 is 11.6 Å². The Kier molecular flexibility index (Phi) is 4.11. The van der Waals surface area contributed by atoms with Crippen molar-refractivity contribution in [2.75, 3.05) is 19.6 Å². The van der Waals surface area contributed by atoms with Gasteiger partial charge in [0.1, 0.15) is 0 Å². The summed E-state index contributed by atoms with van der Waals surface area (Å²) >= 11 is 6.05. The zero-order chi connectivity index (χ0) is 13.2. The molecule has 0 aliphatic carbocycles. The highest BCUT2D eigenvalue weighted by molar-refractivity contribution is 6.30. The van der Waals surface area contributed by atoms with Crippen molar-refractivity contribution in [1.82, 2.24) is 10.2 Å². The van der Waals surface area contributed by atoms with Crippen molar-refractivity contribution in [1.29, 1.82) is 0 Å². The lowest BCUT2D eigenvalue weighted by Gasteiger charge is -2.33. The molecule has 1 N–H and O–H groups in total. The molecule has 1 aromatic carbocycles. The van der Waals surface area contributed by atoms with E-state index in [1.165, 1.54) is 38.0 Å². The number of rotatable bonds is 4. The molecule has 3 heteroatoms. The first kappa shape index (κ1) is 13.4. The number of nitrogens with one attached hydrogen (secondary N) is 1. The van der Waals surface area contributed by atoms with E-state index in [4.69, 9.17) is 11.6 Å². The molecule has 0 radical (unpaired) electrons. The molecule has 0 aromatic heterocycles. The van der Waals surface area contributed by atoms with Crippen LogP contribution in [0, 0.1) is 5.92 Å². The minimum atomic E-state index is 0.524. The molecule has 0 amide bonds. The van der Waals surface area contributed by atoms with Crippen LogP contribution in [0.2, 0.25) is 5.02 Å². The maximum absolute atomic E-state index is 6.05. The third-order valence-electron chi connectivity index (χ3n) is 4.56. The van der Waals surface area contributed by atoms with E-state index in [1.54, 1.807) is 0 Å². The molecule has 104 valence electrons. The third kappa shape index (κ3) is 3.31. The van der Waals surface area contributed by atoms with Crippen LogP contribution in [-0.2, 0) is 6.42 Å². The molecule has 2 fully saturated rings. The molecule has 4 unspecified atom stereocenters. The molecule has 2 heterocycles. The molecule has 3 rings (SSSR count). The van der Waals surface area contributed by atoms with Crippen LogP contribution < -0.4 is 5.32 Å². The number of benzene rings is 1. The van der Waals surface area contributed by atoms with Crippen LogP contribution in [0.15, 0.2) is 24.3 Å². The minimum absolute atomic E-state index is 0.524. The van der Waals surface area contributed by atoms with E-state index >= 15 is 0 Å². The van der Waals surface area contributed by atoms with Crippen LogP contribution in [0.3, 0.4) is 0 Å². The molecular formula is C16H23ClN2. The lowest BCUT2D eigenvalue weighted by atomic mass is 9.93. The standard InChI is InChI=1S/C16H23ClN2/c1-12(9-13-3-2-4-15(17)10-13)18-16-6-8-19-7-5-14(16)11-19/h2-4,10,12,14,16,18H,5-9,11H2,1H3. The van der Waals surface area contributed by atoms with E-state index in [0.717, 1.165) is 17.4 Å². The molecule has 0 spiro atoms. The Morgan fingerprint density at radius 1 is 1.37 bits per heavy atom. The van der Waals surface area contributed by atoms with Crippen LogP contribution >= 0.6 is 11.6 Å². The molecule has 1 aromatic rings. The fraction of sp³-hybridized carbons (Fsp3) is 0.625. The Morgan fingerprint density at radius 3 is 3.05 bits per heavy atom. The van der Waals surface area contributed by atoms with Gasteiger partial charge in [0.25, 0.3) is 0 Å². The van der Waals surface area contributed by atoms with Crippen LogP contribution in [0.5, 0.6) is 0 Å². The Balaban J connectivity index is 1.55. The van der Waals surface area contributed by atoms with Gasteiger partial charge in [0.05, 0.1) is 0 Å². The summed E-state index contributed by atoms with van der Waals surface area (Å²) in [5, 5.41) is 4.69. The van der Waals surface area contributed by atoms with Gasteiger partial charge < -0.3 is 10.2 Å². The van der Waals surface area contributed by atoms with Crippen molar-refractivity contribution < 1.29 is 0 Å². The second-order valence-electron chi connectivity index (χ2n) is 6.15. The van der Waals surface area contributed by atoms with E-state index in [-0.39, 0.29) is 0 Å². The Morgan fingerprint density at radius 2 is 2.21 bits per heavy atom. The summed E-state index contributed by atoms with van der Waals surface area (Å²) in [6.07, 6.45) is 3.75. The third-order valence-corrected chi connectivity index (χ3v) is 4.80. The highest BCUT2D eigenvalue weighted by Crippen LogP contribution is 2.27. The summed E-state index contributed by atoms with van der Waals surface area (Å²) in [4.78, 5) is 2.60. The van der Waals surface area contributed by atoms with Gasteiger partial charge in [0.2, 0.25) is 0 Å². The van der Waals surface area contributed by atoms with Crippen molar-refractivity contribution in [2.24, 2.45) is 5.92 Å². The predicted molar refractivity (Wildman–Crippen MR) is 80.7 cm³/mol. The molecule has 2 bridgehead atoms. The Hall–Kier alpha value is -0.570. The highest BCUT2D eigenvalue weighted by Gasteiger charge is 2.34. The number of piperidine rings is 1. The topological polar surface area (TPSA) is 15.3 Å². The average Bonchev–Trinajstić information content (AvgIpc) is 2.76. The molecule has 19 heavy (non-hydrogen) atoms. The predicted octanol–water partition coefficient (Wildman–Crippen LogP) is 2.95. The van der Waals surface area contributed by atoms with Gasteiger partial charge >= 0.3 is 0 Å². The summed E-state index contributed by atoms with van der Waals surface area (Å²) in [5.74, 6) is 0.871. The first-order valence-electron chi connectivity index (χ1n) is 7.43. The van der Waals surface area contributed by atoms with E-state index in [0.29, 0.717) is 12.1 Å². The summed E-state index contributed by atoms with van der Waals surface area (Å²) in [7, 11) is 0. The molecule has 2 aliphatic rings. The second-order valence-corrected chi connectivity index (χ2v) is 6.58. The largest absolute Gasteiger partial charge is 0.311 e. The molecule has 2 nitrogen and oxygen atoms in total.